The molecule has 128 heavy (non-hydrogen) atoms. The number of aliphatic hydroxyl groups excluding tert-OH is 11. The molecule has 0 bridgehead atoms. The highest BCUT2D eigenvalue weighted by atomic mass is 31.2. The zero-order valence-electron chi connectivity index (χ0n) is 74.3. The fourth-order valence-electron chi connectivity index (χ4n) is 13.4. The summed E-state index contributed by atoms with van der Waals surface area (Å²) in [4.78, 5) is 126. The van der Waals surface area contributed by atoms with Crippen molar-refractivity contribution in [1.29, 1.82) is 0 Å². The van der Waals surface area contributed by atoms with Crippen molar-refractivity contribution in [3.8, 4) is 0 Å². The fraction of sp³-hybridized carbons (Fsp3) is 0.887. The second kappa shape index (κ2) is 71.0. The summed E-state index contributed by atoms with van der Waals surface area (Å²) in [6.07, 6.45) is -6.95. The van der Waals surface area contributed by atoms with Crippen LogP contribution in [0.5, 0.6) is 0 Å². The first kappa shape index (κ1) is 117. The molecule has 18 unspecified atom stereocenters. The average Bonchev–Trinajstić information content (AvgIpc) is 0.809. The summed E-state index contributed by atoms with van der Waals surface area (Å²) >= 11 is 0. The monoisotopic (exact) mass is 1870 g/mol. The van der Waals surface area contributed by atoms with E-state index >= 15 is 0 Å². The molecule has 0 aromatic rings. The summed E-state index contributed by atoms with van der Waals surface area (Å²) in [5.41, 5.74) is 0. The molecular formula is C80H148N9O38P. The van der Waals surface area contributed by atoms with Gasteiger partial charge in [-0.3, -0.25) is 52.2 Å². The Kier molecular flexibility index (Phi) is 64.6. The number of carbonyl (C=O) groups is 9. The lowest BCUT2D eigenvalue weighted by molar-refractivity contribution is -0.285. The van der Waals surface area contributed by atoms with E-state index in [0.717, 1.165) is 65.4 Å². The van der Waals surface area contributed by atoms with Gasteiger partial charge in [-0.25, -0.2) is 4.57 Å². The second-order valence-corrected chi connectivity index (χ2v) is 32.5. The predicted octanol–water partition coefficient (Wildman–Crippen LogP) is -6.03. The van der Waals surface area contributed by atoms with Crippen LogP contribution in [0.1, 0.15) is 149 Å². The third-order valence-corrected chi connectivity index (χ3v) is 21.3. The molecule has 746 valence electrons. The quantitative estimate of drug-likeness (QED) is 0.0199. The molecular weight excluding hydrogens is 1730 g/mol. The zero-order chi connectivity index (χ0) is 94.3. The molecule has 48 heteroatoms. The van der Waals surface area contributed by atoms with Gasteiger partial charge in [0.05, 0.1) is 151 Å². The molecule has 3 aliphatic heterocycles. The van der Waals surface area contributed by atoms with Gasteiger partial charge in [-0.2, -0.15) is 0 Å². The smallest absolute Gasteiger partial charge is 0.396 e. The Labute approximate surface area is 747 Å². The summed E-state index contributed by atoms with van der Waals surface area (Å²) < 4.78 is 99.3. The number of rotatable bonds is 77. The second-order valence-electron chi connectivity index (χ2n) is 30.9. The van der Waals surface area contributed by atoms with Crippen LogP contribution in [-0.2, 0) is 123 Å². The Hall–Kier alpha value is -5.66. The molecule has 0 radical (unpaired) electrons. The number of aliphatic hydroxyl groups is 11. The van der Waals surface area contributed by atoms with E-state index in [4.69, 9.17) is 75.9 Å². The fourth-order valence-corrected chi connectivity index (χ4v) is 13.9. The normalized spacial score (nSPS) is 23.7. The molecule has 3 saturated heterocycles. The number of amides is 9. The average molecular weight is 1880 g/mol. The van der Waals surface area contributed by atoms with Crippen LogP contribution in [0.3, 0.4) is 0 Å². The van der Waals surface area contributed by atoms with Crippen LogP contribution < -0.4 is 47.9 Å². The molecule has 3 heterocycles. The van der Waals surface area contributed by atoms with E-state index in [1.54, 1.807) is 0 Å². The van der Waals surface area contributed by atoms with Crippen molar-refractivity contribution in [2.75, 3.05) is 192 Å². The van der Waals surface area contributed by atoms with Gasteiger partial charge in [-0.1, -0.05) is 51.4 Å². The SMILES string of the molecule is COP(=O)(O)OCC(CO)CCCCNC(=O)CCCCCCCCCCCNC(=O)[C@H](CCCCNC(=O)COCCOCCOCCOC1OC(CO)C(O)C(O)C1NC(C)=O)NC(=O)[C@H](CCCCNC(=O)CC(COCCOCCO)OC1OC(CO)C(O)C(O)C1NC(C)=O)NC(=O)COCCOCCOCCOC1OC(CO)C(O)C(O)C1NC(C)=O. The molecule has 3 fully saturated rings. The molecule has 0 aliphatic carbocycles. The Morgan fingerprint density at radius 1 is 0.383 bits per heavy atom. The van der Waals surface area contributed by atoms with Gasteiger partial charge in [-0.15, -0.1) is 0 Å². The van der Waals surface area contributed by atoms with E-state index in [0.29, 0.717) is 51.5 Å². The summed E-state index contributed by atoms with van der Waals surface area (Å²) in [7, 11) is -3.09. The number of ether oxygens (including phenoxy) is 14. The van der Waals surface area contributed by atoms with E-state index in [1.165, 1.54) is 13.8 Å². The highest BCUT2D eigenvalue weighted by Crippen LogP contribution is 2.42. The number of phosphoric ester groups is 1. The Bertz CT molecular complexity index is 3070. The maximum Gasteiger partial charge on any atom is 0.471 e. The number of unbranched alkanes of at least 4 members (excludes halogenated alkanes) is 11. The molecule has 9 amide bonds. The molecule has 47 nitrogen and oxygen atoms in total. The Morgan fingerprint density at radius 3 is 1.21 bits per heavy atom. The van der Waals surface area contributed by atoms with Crippen molar-refractivity contribution < 1.29 is 184 Å². The van der Waals surface area contributed by atoms with Crippen molar-refractivity contribution >= 4 is 61.0 Å². The van der Waals surface area contributed by atoms with Crippen LogP contribution in [0.4, 0.5) is 0 Å². The topological polar surface area (TPSA) is 669 Å². The van der Waals surface area contributed by atoms with E-state index in [1.807, 2.05) is 0 Å². The Morgan fingerprint density at radius 2 is 0.758 bits per heavy atom. The van der Waals surface area contributed by atoms with E-state index in [2.05, 4.69) is 52.4 Å². The largest absolute Gasteiger partial charge is 0.471 e. The van der Waals surface area contributed by atoms with E-state index < -0.39 is 192 Å². The van der Waals surface area contributed by atoms with Gasteiger partial charge in [0.15, 0.2) is 18.9 Å². The van der Waals surface area contributed by atoms with Gasteiger partial charge in [-0.05, 0) is 64.2 Å². The number of phosphoric acid groups is 1. The number of nitrogens with one attached hydrogen (secondary N) is 9. The molecule has 0 aromatic heterocycles. The molecule has 3 aliphatic rings. The van der Waals surface area contributed by atoms with E-state index in [-0.39, 0.29) is 196 Å². The van der Waals surface area contributed by atoms with Crippen molar-refractivity contribution in [2.24, 2.45) is 5.92 Å². The number of hydrogen-bond acceptors (Lipinski definition) is 37. The van der Waals surface area contributed by atoms with E-state index in [9.17, 15) is 104 Å². The van der Waals surface area contributed by atoms with Crippen molar-refractivity contribution in [1.82, 2.24) is 47.9 Å². The molecule has 0 aromatic carbocycles. The third kappa shape index (κ3) is 51.5. The highest BCUT2D eigenvalue weighted by Gasteiger charge is 2.49. The van der Waals surface area contributed by atoms with Crippen LogP contribution in [-0.4, -0.2) is 416 Å². The lowest BCUT2D eigenvalue weighted by Crippen LogP contribution is -2.65. The minimum absolute atomic E-state index is 0.00326. The highest BCUT2D eigenvalue weighted by molar-refractivity contribution is 7.47. The minimum Gasteiger partial charge on any atom is -0.396 e. The molecule has 0 spiro atoms. The zero-order valence-corrected chi connectivity index (χ0v) is 75.2. The Balaban J connectivity index is 1.64. The number of carbonyl (C=O) groups excluding carboxylic acids is 9. The van der Waals surface area contributed by atoms with Crippen molar-refractivity contribution in [3.05, 3.63) is 0 Å². The summed E-state index contributed by atoms with van der Waals surface area (Å²) in [6, 6.07) is -5.97. The standard InChI is InChI=1S/C80H148N9O38P/c1-53(95)85-67-73(105)70(102)60(46-92)125-78(67)121-42-40-116-32-30-114-35-38-119-51-65(100)83-26-19-14-21-58(76(108)84-27-16-11-9-7-5-6-8-10-12-23-63(98)81-24-17-13-20-56(45-91)49-123-128(110,111)112-4)89-77(109)59(88-66(101)52-120-39-36-115-31-33-117-41-43-122-79-68(86-54(2)96)74(106)71(103)61(47-93)126-79)22-15-18-25-82-64(99)44-57(50-118-37-34-113-29-28-90)124-80-69(87-55(3)97)75(107)72(104)62(48-94)127-80/h56-62,67-75,78-80,90-94,102-107H,5-52H2,1-4H3,(H,81,98)(H,82,99)(H,83,100)(H,84,108)(H,85,95)(H,86,96)(H,87,97)(H,88,101)(H,89,109)(H,110,111)/t56?,57?,58-,59-,60?,61?,62?,67?,68?,69?,70?,71?,72?,73?,74?,75?,78?,79?,80?/m0/s1. The molecule has 0 saturated carbocycles. The minimum atomic E-state index is -4.14. The molecule has 3 rings (SSSR count). The summed E-state index contributed by atoms with van der Waals surface area (Å²) in [6.45, 7) is 1.56. The van der Waals surface area contributed by atoms with Crippen LogP contribution in [0.25, 0.3) is 0 Å². The maximum atomic E-state index is 14.6. The lowest BCUT2D eigenvalue weighted by atomic mass is 9.97. The van der Waals surface area contributed by atoms with Gasteiger partial charge < -0.3 is 175 Å². The predicted molar refractivity (Wildman–Crippen MR) is 448 cm³/mol. The van der Waals surface area contributed by atoms with Crippen LogP contribution in [0.15, 0.2) is 0 Å². The van der Waals surface area contributed by atoms with Gasteiger partial charge in [0.2, 0.25) is 53.2 Å². The first-order valence-corrected chi connectivity index (χ1v) is 45.6. The van der Waals surface area contributed by atoms with Crippen LogP contribution in [0, 0.1) is 5.92 Å². The van der Waals surface area contributed by atoms with Crippen molar-refractivity contribution in [3.63, 3.8) is 0 Å². The summed E-state index contributed by atoms with van der Waals surface area (Å²) in [5, 5.41) is 135. The van der Waals surface area contributed by atoms with Gasteiger partial charge in [0.1, 0.15) is 98.4 Å². The first-order chi connectivity index (χ1) is 61.5. The molecule has 21 N–H and O–H groups in total. The van der Waals surface area contributed by atoms with Gasteiger partial charge in [0.25, 0.3) is 0 Å². The lowest BCUT2D eigenvalue weighted by Gasteiger charge is -2.43. The van der Waals surface area contributed by atoms with Gasteiger partial charge in [0, 0.05) is 73.0 Å². The molecule has 20 atom stereocenters. The van der Waals surface area contributed by atoms with Crippen LogP contribution >= 0.6 is 7.82 Å². The third-order valence-electron chi connectivity index (χ3n) is 20.3. The summed E-state index contributed by atoms with van der Waals surface area (Å²) in [5.74, 6) is -4.94. The van der Waals surface area contributed by atoms with Gasteiger partial charge >= 0.3 is 7.82 Å². The maximum absolute atomic E-state index is 14.6. The first-order valence-electron chi connectivity index (χ1n) is 44.1. The van der Waals surface area contributed by atoms with Crippen molar-refractivity contribution in [2.45, 2.75) is 259 Å². The number of hydrogen-bond donors (Lipinski definition) is 21. The van der Waals surface area contributed by atoms with Crippen LogP contribution in [0.2, 0.25) is 0 Å².